The molecule has 5 rings (SSSR count). The molecule has 36 heavy (non-hydrogen) atoms. The van der Waals surface area contributed by atoms with Crippen LogP contribution < -0.4 is 5.32 Å². The third kappa shape index (κ3) is 4.88. The molecule has 3 aliphatic rings. The molecular formula is C28H39N3O5. The number of hydrogen-bond donors (Lipinski definition) is 2. The van der Waals surface area contributed by atoms with Crippen LogP contribution in [-0.4, -0.2) is 48.9 Å². The Morgan fingerprint density at radius 1 is 1.14 bits per heavy atom. The number of nitrogens with one attached hydrogen (secondary N) is 1. The Morgan fingerprint density at radius 3 is 2.47 bits per heavy atom. The first-order valence-electron chi connectivity index (χ1n) is 13.3. The fourth-order valence-corrected chi connectivity index (χ4v) is 5.50. The standard InChI is InChI=1S/C27H35N3O4.CH4O/c1-4-17(3)22-15-23(30-34-22)27(26(31)32-5-2)12-13-28-24(33-27)16-29-25-20-10-6-8-18(20)14-19-9-7-11-21(19)25;1-2/h14-15,17,29H,4-13,16H2,1-3H3;2H,1H3. The van der Waals surface area contributed by atoms with Gasteiger partial charge < -0.3 is 24.4 Å². The highest BCUT2D eigenvalue weighted by Crippen LogP contribution is 2.39. The number of ether oxygens (including phenoxy) is 2. The second kappa shape index (κ2) is 11.5. The second-order valence-electron chi connectivity index (χ2n) is 9.69. The quantitative estimate of drug-likeness (QED) is 0.519. The molecule has 2 atom stereocenters. The number of nitrogens with zero attached hydrogens (tertiary/aromatic N) is 2. The van der Waals surface area contributed by atoms with Crippen LogP contribution in [0.4, 0.5) is 5.69 Å². The number of aliphatic hydroxyl groups is 1. The summed E-state index contributed by atoms with van der Waals surface area (Å²) in [6.45, 7) is 7.14. The van der Waals surface area contributed by atoms with E-state index in [9.17, 15) is 4.79 Å². The summed E-state index contributed by atoms with van der Waals surface area (Å²) in [5.41, 5.74) is 6.26. The zero-order chi connectivity index (χ0) is 25.7. The Morgan fingerprint density at radius 2 is 1.83 bits per heavy atom. The smallest absolute Gasteiger partial charge is 0.357 e. The van der Waals surface area contributed by atoms with Crippen LogP contribution in [0.1, 0.15) is 86.1 Å². The minimum absolute atomic E-state index is 0.209. The molecule has 2 heterocycles. The molecule has 2 aliphatic carbocycles. The van der Waals surface area contributed by atoms with Crippen molar-refractivity contribution in [3.8, 4) is 0 Å². The highest BCUT2D eigenvalue weighted by Gasteiger charge is 2.49. The van der Waals surface area contributed by atoms with Gasteiger partial charge in [0.05, 0.1) is 13.2 Å². The Labute approximate surface area is 213 Å². The molecule has 8 heteroatoms. The number of benzene rings is 1. The molecule has 0 amide bonds. The lowest BCUT2D eigenvalue weighted by atomic mass is 9.92. The molecule has 1 aromatic carbocycles. The van der Waals surface area contributed by atoms with E-state index in [1.54, 1.807) is 6.92 Å². The van der Waals surface area contributed by atoms with E-state index in [-0.39, 0.29) is 12.5 Å². The van der Waals surface area contributed by atoms with E-state index >= 15 is 0 Å². The lowest BCUT2D eigenvalue weighted by molar-refractivity contribution is -0.166. The van der Waals surface area contributed by atoms with Crippen molar-refractivity contribution >= 4 is 17.6 Å². The molecule has 1 aromatic heterocycles. The minimum Gasteiger partial charge on any atom is -0.463 e. The van der Waals surface area contributed by atoms with Gasteiger partial charge in [0.15, 0.2) is 0 Å². The second-order valence-corrected chi connectivity index (χ2v) is 9.69. The first kappa shape index (κ1) is 26.2. The topological polar surface area (TPSA) is 106 Å². The summed E-state index contributed by atoms with van der Waals surface area (Å²) in [4.78, 5) is 17.8. The molecule has 0 radical (unpaired) electrons. The number of aliphatic hydroxyl groups excluding tert-OH is 1. The van der Waals surface area contributed by atoms with Gasteiger partial charge in [-0.3, -0.25) is 4.99 Å². The molecule has 2 N–H and O–H groups in total. The van der Waals surface area contributed by atoms with Crippen LogP contribution in [-0.2, 0) is 45.6 Å². The van der Waals surface area contributed by atoms with Gasteiger partial charge in [0.2, 0.25) is 5.90 Å². The zero-order valence-corrected chi connectivity index (χ0v) is 22.0. The Kier molecular flexibility index (Phi) is 8.34. The van der Waals surface area contributed by atoms with Crippen molar-refractivity contribution in [2.75, 3.05) is 32.1 Å². The number of fused-ring (bicyclic) bond motifs is 2. The van der Waals surface area contributed by atoms with Crippen LogP contribution in [0.3, 0.4) is 0 Å². The lowest BCUT2D eigenvalue weighted by Gasteiger charge is -2.33. The summed E-state index contributed by atoms with van der Waals surface area (Å²) in [7, 11) is 1.00. The Hall–Kier alpha value is -2.87. The third-order valence-corrected chi connectivity index (χ3v) is 7.58. The predicted molar refractivity (Wildman–Crippen MR) is 139 cm³/mol. The van der Waals surface area contributed by atoms with E-state index in [1.165, 1.54) is 40.8 Å². The van der Waals surface area contributed by atoms with Crippen LogP contribution in [0, 0.1) is 0 Å². The average Bonchev–Trinajstić information content (AvgIpc) is 3.68. The molecule has 8 nitrogen and oxygen atoms in total. The Bertz CT molecular complexity index is 1080. The number of hydrogen-bond acceptors (Lipinski definition) is 8. The van der Waals surface area contributed by atoms with E-state index in [0.717, 1.165) is 45.0 Å². The number of rotatable bonds is 8. The number of anilines is 1. The lowest BCUT2D eigenvalue weighted by Crippen LogP contribution is -2.46. The summed E-state index contributed by atoms with van der Waals surface area (Å²) >= 11 is 0. The van der Waals surface area contributed by atoms with Crippen molar-refractivity contribution in [2.45, 2.75) is 83.7 Å². The van der Waals surface area contributed by atoms with Gasteiger partial charge in [-0.1, -0.05) is 25.1 Å². The molecule has 0 saturated heterocycles. The van der Waals surface area contributed by atoms with Gasteiger partial charge in [-0.15, -0.1) is 0 Å². The number of esters is 1. The van der Waals surface area contributed by atoms with Gasteiger partial charge in [-0.05, 0) is 74.1 Å². The monoisotopic (exact) mass is 497 g/mol. The van der Waals surface area contributed by atoms with Crippen LogP contribution in [0.25, 0.3) is 0 Å². The van der Waals surface area contributed by atoms with Crippen molar-refractivity contribution in [3.05, 3.63) is 45.8 Å². The molecule has 0 spiro atoms. The summed E-state index contributed by atoms with van der Waals surface area (Å²) in [5, 5.41) is 14.9. The summed E-state index contributed by atoms with van der Waals surface area (Å²) < 4.78 is 17.4. The molecule has 2 unspecified atom stereocenters. The van der Waals surface area contributed by atoms with Crippen molar-refractivity contribution in [1.29, 1.82) is 0 Å². The molecular weight excluding hydrogens is 458 g/mol. The fourth-order valence-electron chi connectivity index (χ4n) is 5.50. The van der Waals surface area contributed by atoms with Gasteiger partial charge in [0, 0.05) is 37.7 Å². The molecule has 0 saturated carbocycles. The number of carbonyl (C=O) groups is 1. The van der Waals surface area contributed by atoms with E-state index in [4.69, 9.17) is 19.1 Å². The minimum atomic E-state index is -1.33. The van der Waals surface area contributed by atoms with Crippen molar-refractivity contribution in [2.24, 2.45) is 4.99 Å². The molecule has 0 fully saturated rings. The first-order valence-corrected chi connectivity index (χ1v) is 13.3. The summed E-state index contributed by atoms with van der Waals surface area (Å²) in [6.07, 6.45) is 8.26. The van der Waals surface area contributed by atoms with Crippen molar-refractivity contribution in [1.82, 2.24) is 5.16 Å². The van der Waals surface area contributed by atoms with Gasteiger partial charge >= 0.3 is 5.97 Å². The maximum Gasteiger partial charge on any atom is 0.357 e. The van der Waals surface area contributed by atoms with Crippen LogP contribution >= 0.6 is 0 Å². The van der Waals surface area contributed by atoms with Gasteiger partial charge in [0.25, 0.3) is 5.60 Å². The highest BCUT2D eigenvalue weighted by molar-refractivity contribution is 5.89. The number of carbonyl (C=O) groups excluding carboxylic acids is 1. The molecule has 1 aliphatic heterocycles. The summed E-state index contributed by atoms with van der Waals surface area (Å²) in [6, 6.07) is 4.27. The third-order valence-electron chi connectivity index (χ3n) is 7.58. The normalized spacial score (nSPS) is 20.9. The summed E-state index contributed by atoms with van der Waals surface area (Å²) in [5.74, 6) is 1.03. The molecule has 196 valence electrons. The molecule has 2 aromatic rings. The average molecular weight is 498 g/mol. The van der Waals surface area contributed by atoms with Crippen LogP contribution in [0.2, 0.25) is 0 Å². The zero-order valence-electron chi connectivity index (χ0n) is 22.0. The largest absolute Gasteiger partial charge is 0.463 e. The first-order chi connectivity index (χ1) is 17.6. The van der Waals surface area contributed by atoms with E-state index < -0.39 is 11.6 Å². The fraction of sp³-hybridized carbons (Fsp3) is 0.607. The maximum atomic E-state index is 13.2. The Balaban J connectivity index is 0.00000148. The van der Waals surface area contributed by atoms with Crippen molar-refractivity contribution < 1.29 is 23.9 Å². The maximum absolute atomic E-state index is 13.2. The van der Waals surface area contributed by atoms with Gasteiger partial charge in [-0.2, -0.15) is 0 Å². The van der Waals surface area contributed by atoms with Gasteiger partial charge in [0.1, 0.15) is 11.5 Å². The highest BCUT2D eigenvalue weighted by atomic mass is 16.6. The number of aryl methyl sites for hydroxylation is 2. The van der Waals surface area contributed by atoms with Gasteiger partial charge in [-0.25, -0.2) is 4.79 Å². The van der Waals surface area contributed by atoms with E-state index in [1.807, 2.05) is 6.07 Å². The van der Waals surface area contributed by atoms with Crippen LogP contribution in [0.15, 0.2) is 21.6 Å². The van der Waals surface area contributed by atoms with Crippen molar-refractivity contribution in [3.63, 3.8) is 0 Å². The van der Waals surface area contributed by atoms with Crippen LogP contribution in [0.5, 0.6) is 0 Å². The SMILES string of the molecule is CCOC(=O)C1(c2cc(C(C)CC)on2)CCN=C(CNc2c3c(cc4c2CCC4)CCC3)O1.CO. The number of aromatic nitrogens is 1. The predicted octanol–water partition coefficient (Wildman–Crippen LogP) is 4.46. The van der Waals surface area contributed by atoms with E-state index in [0.29, 0.717) is 31.1 Å². The molecule has 0 bridgehead atoms. The van der Waals surface area contributed by atoms with E-state index in [2.05, 4.69) is 35.4 Å². The number of aliphatic imine (C=N–C) groups is 1.